The fraction of sp³-hybridized carbons (Fsp3) is 0.333. The first kappa shape index (κ1) is 31.6. The fourth-order valence-corrected chi connectivity index (χ4v) is 5.20. The van der Waals surface area contributed by atoms with E-state index in [-0.39, 0.29) is 19.0 Å². The lowest BCUT2D eigenvalue weighted by atomic mass is 10.1. The number of carbonyl (C=O) groups is 2. The average Bonchev–Trinajstić information content (AvgIpc) is 3.00. The third-order valence-electron chi connectivity index (χ3n) is 6.16. The number of hydrogen-bond donors (Lipinski definition) is 0. The van der Waals surface area contributed by atoms with Gasteiger partial charge in [0.15, 0.2) is 0 Å². The molecule has 0 bridgehead atoms. The summed E-state index contributed by atoms with van der Waals surface area (Å²) in [5.74, 6) is 0.740. The van der Waals surface area contributed by atoms with Gasteiger partial charge in [0.1, 0.15) is 11.5 Å². The van der Waals surface area contributed by atoms with E-state index in [2.05, 4.69) is 12.2 Å². The van der Waals surface area contributed by atoms with Crippen LogP contribution in [0.2, 0.25) is 0 Å². The number of aryl methyl sites for hydroxylation is 1. The third-order valence-corrected chi connectivity index (χ3v) is 7.52. The van der Waals surface area contributed by atoms with Crippen LogP contribution in [0.5, 0.6) is 11.5 Å². The Kier molecular flexibility index (Phi) is 13.1. The highest BCUT2D eigenvalue weighted by Crippen LogP contribution is 2.27. The average molecular weight is 579 g/mol. The SMILES string of the molecule is CCOC(=O)CCc1cc(S(=O)c2cccc(C(=O)OCC)c2)ccc1OCCCC/C=C/c1ccc(OC)cc1. The lowest BCUT2D eigenvalue weighted by Crippen LogP contribution is -2.08. The van der Waals surface area contributed by atoms with Gasteiger partial charge in [-0.25, -0.2) is 9.00 Å². The summed E-state index contributed by atoms with van der Waals surface area (Å²) in [7, 11) is 0.116. The van der Waals surface area contributed by atoms with E-state index < -0.39 is 16.8 Å². The normalized spacial score (nSPS) is 11.7. The van der Waals surface area contributed by atoms with E-state index in [4.69, 9.17) is 18.9 Å². The molecule has 0 amide bonds. The van der Waals surface area contributed by atoms with E-state index >= 15 is 0 Å². The maximum absolute atomic E-state index is 13.4. The van der Waals surface area contributed by atoms with Crippen LogP contribution in [0.3, 0.4) is 0 Å². The Morgan fingerprint density at radius 2 is 1.63 bits per heavy atom. The fourth-order valence-electron chi connectivity index (χ4n) is 4.05. The minimum Gasteiger partial charge on any atom is -0.497 e. The largest absolute Gasteiger partial charge is 0.497 e. The Morgan fingerprint density at radius 3 is 2.37 bits per heavy atom. The molecule has 0 aromatic heterocycles. The summed E-state index contributed by atoms with van der Waals surface area (Å²) in [5.41, 5.74) is 2.25. The van der Waals surface area contributed by atoms with E-state index in [0.29, 0.717) is 40.7 Å². The van der Waals surface area contributed by atoms with Crippen molar-refractivity contribution < 1.29 is 32.7 Å². The molecule has 3 rings (SSSR count). The Labute approximate surface area is 244 Å². The van der Waals surface area contributed by atoms with Gasteiger partial charge in [-0.2, -0.15) is 0 Å². The molecule has 3 aromatic carbocycles. The number of methoxy groups -OCH3 is 1. The summed E-state index contributed by atoms with van der Waals surface area (Å²) in [6.45, 7) is 4.61. The predicted octanol–water partition coefficient (Wildman–Crippen LogP) is 6.80. The first-order valence-corrected chi connectivity index (χ1v) is 15.0. The molecule has 0 heterocycles. The number of ether oxygens (including phenoxy) is 4. The van der Waals surface area contributed by atoms with Gasteiger partial charge in [0.05, 0.1) is 43.3 Å². The summed E-state index contributed by atoms with van der Waals surface area (Å²) < 4.78 is 34.8. The van der Waals surface area contributed by atoms with Crippen LogP contribution in [0.15, 0.2) is 82.6 Å². The molecule has 1 unspecified atom stereocenters. The Balaban J connectivity index is 1.63. The lowest BCUT2D eigenvalue weighted by molar-refractivity contribution is -0.143. The third kappa shape index (κ3) is 10.2. The van der Waals surface area contributed by atoms with Gasteiger partial charge in [0.25, 0.3) is 0 Å². The van der Waals surface area contributed by atoms with Crippen molar-refractivity contribution in [3.8, 4) is 11.5 Å². The van der Waals surface area contributed by atoms with Gasteiger partial charge < -0.3 is 18.9 Å². The summed E-state index contributed by atoms with van der Waals surface area (Å²) in [5, 5.41) is 0. The number of hydrogen-bond acceptors (Lipinski definition) is 7. The highest BCUT2D eigenvalue weighted by atomic mass is 32.2. The number of benzene rings is 3. The Hall–Kier alpha value is -3.91. The maximum atomic E-state index is 13.4. The molecule has 41 heavy (non-hydrogen) atoms. The molecular weight excluding hydrogens is 540 g/mol. The molecule has 0 aliphatic heterocycles. The lowest BCUT2D eigenvalue weighted by Gasteiger charge is -2.13. The molecule has 0 spiro atoms. The predicted molar refractivity (Wildman–Crippen MR) is 160 cm³/mol. The van der Waals surface area contributed by atoms with Gasteiger partial charge in [-0.15, -0.1) is 0 Å². The van der Waals surface area contributed by atoms with Crippen LogP contribution in [0.25, 0.3) is 6.08 Å². The number of allylic oxidation sites excluding steroid dienone is 1. The number of carbonyl (C=O) groups excluding carboxylic acids is 2. The molecule has 218 valence electrons. The van der Waals surface area contributed by atoms with Gasteiger partial charge in [0.2, 0.25) is 0 Å². The Morgan fingerprint density at radius 1 is 0.878 bits per heavy atom. The van der Waals surface area contributed by atoms with Crippen LogP contribution < -0.4 is 9.47 Å². The van der Waals surface area contributed by atoms with E-state index in [1.807, 2.05) is 24.3 Å². The van der Waals surface area contributed by atoms with Crippen molar-refractivity contribution in [3.05, 3.63) is 89.5 Å². The highest BCUT2D eigenvalue weighted by molar-refractivity contribution is 7.85. The molecular formula is C33H38O7S. The van der Waals surface area contributed by atoms with Crippen molar-refractivity contribution in [2.24, 2.45) is 0 Å². The van der Waals surface area contributed by atoms with Crippen molar-refractivity contribution in [1.82, 2.24) is 0 Å². The molecule has 0 fully saturated rings. The molecule has 1 atom stereocenters. The second-order valence-electron chi connectivity index (χ2n) is 9.11. The smallest absolute Gasteiger partial charge is 0.338 e. The van der Waals surface area contributed by atoms with E-state index in [9.17, 15) is 13.8 Å². The quantitative estimate of drug-likeness (QED) is 0.136. The molecule has 0 saturated carbocycles. The zero-order valence-electron chi connectivity index (χ0n) is 23.9. The van der Waals surface area contributed by atoms with Gasteiger partial charge in [-0.05, 0) is 99.2 Å². The van der Waals surface area contributed by atoms with Crippen LogP contribution in [0.4, 0.5) is 0 Å². The summed E-state index contributed by atoms with van der Waals surface area (Å²) in [4.78, 5) is 25.2. The summed E-state index contributed by atoms with van der Waals surface area (Å²) in [6, 6.07) is 19.9. The number of rotatable bonds is 16. The van der Waals surface area contributed by atoms with Crippen LogP contribution in [0.1, 0.15) is 61.0 Å². The first-order chi connectivity index (χ1) is 19.9. The van der Waals surface area contributed by atoms with Crippen molar-refractivity contribution >= 4 is 28.8 Å². The van der Waals surface area contributed by atoms with E-state index in [1.165, 1.54) is 0 Å². The molecule has 0 aliphatic carbocycles. The molecule has 0 N–H and O–H groups in total. The van der Waals surface area contributed by atoms with Crippen LogP contribution >= 0.6 is 0 Å². The topological polar surface area (TPSA) is 88.1 Å². The summed E-state index contributed by atoms with van der Waals surface area (Å²) >= 11 is 0. The Bertz CT molecular complexity index is 1330. The van der Waals surface area contributed by atoms with Gasteiger partial charge in [0, 0.05) is 16.2 Å². The van der Waals surface area contributed by atoms with Crippen LogP contribution in [0, 0.1) is 0 Å². The zero-order valence-corrected chi connectivity index (χ0v) is 24.7. The highest BCUT2D eigenvalue weighted by Gasteiger charge is 2.15. The standard InChI is InChI=1S/C33H38O7S/c1-4-38-32(34)21-16-26-23-30(41(36)29-13-10-12-27(24-29)33(35)39-5-2)19-20-31(26)40-22-9-7-6-8-11-25-14-17-28(37-3)18-15-25/h8,10-15,17-20,23-24H,4-7,9,16,21-22H2,1-3H3/b11-8+. The minimum absolute atomic E-state index is 0.189. The first-order valence-electron chi connectivity index (χ1n) is 13.9. The van der Waals surface area contributed by atoms with Crippen molar-refractivity contribution in [3.63, 3.8) is 0 Å². The molecule has 7 nitrogen and oxygen atoms in total. The van der Waals surface area contributed by atoms with Crippen molar-refractivity contribution in [2.75, 3.05) is 26.9 Å². The minimum atomic E-state index is -1.54. The van der Waals surface area contributed by atoms with E-state index in [1.54, 1.807) is 63.4 Å². The number of esters is 2. The van der Waals surface area contributed by atoms with Crippen molar-refractivity contribution in [1.29, 1.82) is 0 Å². The van der Waals surface area contributed by atoms with Crippen LogP contribution in [-0.2, 0) is 31.5 Å². The summed E-state index contributed by atoms with van der Waals surface area (Å²) in [6.07, 6.45) is 7.57. The molecule has 0 radical (unpaired) electrons. The maximum Gasteiger partial charge on any atom is 0.338 e. The van der Waals surface area contributed by atoms with Gasteiger partial charge in [-0.1, -0.05) is 30.4 Å². The molecule has 0 aliphatic rings. The van der Waals surface area contributed by atoms with Crippen molar-refractivity contribution in [2.45, 2.75) is 55.7 Å². The number of unbranched alkanes of at least 4 members (excludes halogenated alkanes) is 2. The molecule has 8 heteroatoms. The van der Waals surface area contributed by atoms with Gasteiger partial charge in [-0.3, -0.25) is 4.79 Å². The second kappa shape index (κ2) is 17.0. The van der Waals surface area contributed by atoms with E-state index in [0.717, 1.165) is 36.1 Å². The van der Waals surface area contributed by atoms with Gasteiger partial charge >= 0.3 is 11.9 Å². The molecule has 3 aromatic rings. The zero-order chi connectivity index (χ0) is 29.5. The molecule has 0 saturated heterocycles. The second-order valence-corrected chi connectivity index (χ2v) is 10.6. The van der Waals surface area contributed by atoms with Crippen LogP contribution in [-0.4, -0.2) is 43.1 Å². The monoisotopic (exact) mass is 578 g/mol.